The molecular weight excluding hydrogens is 202 g/mol. The zero-order valence-corrected chi connectivity index (χ0v) is 10.6. The molecule has 0 aromatic rings. The first kappa shape index (κ1) is 11.9. The molecule has 0 aromatic carbocycles. The van der Waals surface area contributed by atoms with Crippen LogP contribution in [0.25, 0.3) is 0 Å². The summed E-state index contributed by atoms with van der Waals surface area (Å²) in [4.78, 5) is 13.7. The van der Waals surface area contributed by atoms with E-state index in [4.69, 9.17) is 0 Å². The molecule has 2 atom stereocenters. The fraction of sp³-hybridized carbons (Fsp3) is 0.923. The number of rotatable bonds is 2. The monoisotopic (exact) mass is 225 g/mol. The first-order valence-corrected chi connectivity index (χ1v) is 6.38. The number of nitrogens with zero attached hydrogens (tertiary/aromatic N) is 1. The van der Waals surface area contributed by atoms with Crippen LogP contribution in [0.4, 0.5) is 0 Å². The normalized spacial score (nSPS) is 39.1. The molecule has 0 aromatic heterocycles. The van der Waals surface area contributed by atoms with Gasteiger partial charge in [0, 0.05) is 6.04 Å². The summed E-state index contributed by atoms with van der Waals surface area (Å²) in [6.45, 7) is 7.42. The van der Waals surface area contributed by atoms with Gasteiger partial charge >= 0.3 is 5.97 Å². The van der Waals surface area contributed by atoms with E-state index in [-0.39, 0.29) is 5.41 Å². The molecule has 0 spiro atoms. The topological polar surface area (TPSA) is 40.5 Å². The number of likely N-dealkylation sites (tertiary alicyclic amines) is 1. The van der Waals surface area contributed by atoms with Crippen LogP contribution in [0, 0.1) is 5.41 Å². The Bertz CT molecular complexity index is 300. The van der Waals surface area contributed by atoms with Crippen LogP contribution < -0.4 is 0 Å². The molecule has 0 bridgehead atoms. The van der Waals surface area contributed by atoms with Crippen molar-refractivity contribution in [2.24, 2.45) is 5.41 Å². The molecule has 1 aliphatic heterocycles. The SMILES string of the molecule is CC1(C)CCCC1N1CCCC1(C)C(=O)O. The highest BCUT2D eigenvalue weighted by molar-refractivity contribution is 5.78. The lowest BCUT2D eigenvalue weighted by Gasteiger charge is -2.42. The van der Waals surface area contributed by atoms with Crippen molar-refractivity contribution in [3.8, 4) is 0 Å². The Balaban J connectivity index is 2.24. The van der Waals surface area contributed by atoms with E-state index in [1.165, 1.54) is 12.8 Å². The average Bonchev–Trinajstić information content (AvgIpc) is 2.69. The van der Waals surface area contributed by atoms with Crippen LogP contribution in [0.3, 0.4) is 0 Å². The number of carboxylic acid groups (broad SMARTS) is 1. The highest BCUT2D eigenvalue weighted by atomic mass is 16.4. The van der Waals surface area contributed by atoms with Gasteiger partial charge in [0.05, 0.1) is 0 Å². The summed E-state index contributed by atoms with van der Waals surface area (Å²) < 4.78 is 0. The van der Waals surface area contributed by atoms with Crippen LogP contribution in [-0.4, -0.2) is 34.1 Å². The van der Waals surface area contributed by atoms with Crippen LogP contribution in [0.5, 0.6) is 0 Å². The third-order valence-electron chi connectivity index (χ3n) is 4.73. The van der Waals surface area contributed by atoms with Crippen LogP contribution >= 0.6 is 0 Å². The number of hydrogen-bond donors (Lipinski definition) is 1. The Kier molecular flexibility index (Phi) is 2.77. The lowest BCUT2D eigenvalue weighted by atomic mass is 9.84. The quantitative estimate of drug-likeness (QED) is 0.785. The van der Waals surface area contributed by atoms with E-state index in [9.17, 15) is 9.90 Å². The van der Waals surface area contributed by atoms with Gasteiger partial charge in [-0.25, -0.2) is 0 Å². The standard InChI is InChI=1S/C13H23NO2/c1-12(2)7-4-6-10(12)14-9-5-8-13(14,3)11(15)16/h10H,4-9H2,1-3H3,(H,15,16). The minimum Gasteiger partial charge on any atom is -0.480 e. The highest BCUT2D eigenvalue weighted by Crippen LogP contribution is 2.45. The molecule has 1 heterocycles. The smallest absolute Gasteiger partial charge is 0.323 e. The molecule has 1 saturated heterocycles. The zero-order chi connectivity index (χ0) is 12.0. The molecule has 1 saturated carbocycles. The summed E-state index contributed by atoms with van der Waals surface area (Å²) in [7, 11) is 0. The lowest BCUT2D eigenvalue weighted by molar-refractivity contribution is -0.151. The van der Waals surface area contributed by atoms with E-state index in [1.54, 1.807) is 0 Å². The highest BCUT2D eigenvalue weighted by Gasteiger charge is 2.51. The molecule has 3 heteroatoms. The molecule has 1 N–H and O–H groups in total. The van der Waals surface area contributed by atoms with Gasteiger partial charge in [0.1, 0.15) is 5.54 Å². The van der Waals surface area contributed by atoms with Gasteiger partial charge in [0.15, 0.2) is 0 Å². The van der Waals surface area contributed by atoms with E-state index in [0.717, 1.165) is 25.8 Å². The maximum absolute atomic E-state index is 11.5. The summed E-state index contributed by atoms with van der Waals surface area (Å²) in [5, 5.41) is 9.43. The van der Waals surface area contributed by atoms with E-state index in [0.29, 0.717) is 6.04 Å². The van der Waals surface area contributed by atoms with Crippen LogP contribution in [0.2, 0.25) is 0 Å². The molecule has 2 rings (SSSR count). The van der Waals surface area contributed by atoms with Crippen molar-refractivity contribution in [1.29, 1.82) is 0 Å². The van der Waals surface area contributed by atoms with Gasteiger partial charge in [-0.3, -0.25) is 9.69 Å². The molecule has 1 aliphatic carbocycles. The van der Waals surface area contributed by atoms with Gasteiger partial charge < -0.3 is 5.11 Å². The van der Waals surface area contributed by atoms with Crippen molar-refractivity contribution in [3.05, 3.63) is 0 Å². The van der Waals surface area contributed by atoms with Crippen LogP contribution in [0.15, 0.2) is 0 Å². The third kappa shape index (κ3) is 1.65. The first-order chi connectivity index (χ1) is 7.38. The molecule has 0 radical (unpaired) electrons. The zero-order valence-electron chi connectivity index (χ0n) is 10.6. The van der Waals surface area contributed by atoms with Crippen molar-refractivity contribution in [2.75, 3.05) is 6.54 Å². The van der Waals surface area contributed by atoms with Gasteiger partial charge in [0.25, 0.3) is 0 Å². The Morgan fingerprint density at radius 1 is 1.25 bits per heavy atom. The first-order valence-electron chi connectivity index (χ1n) is 6.38. The number of carbonyl (C=O) groups is 1. The van der Waals surface area contributed by atoms with Crippen LogP contribution in [0.1, 0.15) is 52.9 Å². The summed E-state index contributed by atoms with van der Waals surface area (Å²) in [6.07, 6.45) is 5.45. The number of carboxylic acids is 1. The number of hydrogen-bond acceptors (Lipinski definition) is 2. The Morgan fingerprint density at radius 2 is 1.94 bits per heavy atom. The van der Waals surface area contributed by atoms with E-state index < -0.39 is 11.5 Å². The average molecular weight is 225 g/mol. The van der Waals surface area contributed by atoms with Gasteiger partial charge in [-0.2, -0.15) is 0 Å². The fourth-order valence-electron chi connectivity index (χ4n) is 3.60. The fourth-order valence-corrected chi connectivity index (χ4v) is 3.60. The maximum atomic E-state index is 11.5. The molecule has 2 unspecified atom stereocenters. The third-order valence-corrected chi connectivity index (χ3v) is 4.73. The molecule has 3 nitrogen and oxygen atoms in total. The predicted molar refractivity (Wildman–Crippen MR) is 63.4 cm³/mol. The van der Waals surface area contributed by atoms with Gasteiger partial charge in [-0.05, 0) is 44.6 Å². The van der Waals surface area contributed by atoms with Gasteiger partial charge in [-0.1, -0.05) is 20.3 Å². The van der Waals surface area contributed by atoms with Gasteiger partial charge in [0.2, 0.25) is 0 Å². The molecule has 2 fully saturated rings. The van der Waals surface area contributed by atoms with Crippen molar-refractivity contribution in [3.63, 3.8) is 0 Å². The van der Waals surface area contributed by atoms with Crippen molar-refractivity contribution in [2.45, 2.75) is 64.5 Å². The summed E-state index contributed by atoms with van der Waals surface area (Å²) in [5.41, 5.74) is -0.340. The summed E-state index contributed by atoms with van der Waals surface area (Å²) in [6, 6.07) is 0.455. The second kappa shape index (κ2) is 3.73. The van der Waals surface area contributed by atoms with E-state index >= 15 is 0 Å². The van der Waals surface area contributed by atoms with Gasteiger partial charge in [-0.15, -0.1) is 0 Å². The minimum absolute atomic E-state index is 0.279. The molecule has 2 aliphatic rings. The largest absolute Gasteiger partial charge is 0.480 e. The molecular formula is C13H23NO2. The predicted octanol–water partition coefficient (Wildman–Crippen LogP) is 2.50. The Morgan fingerprint density at radius 3 is 2.44 bits per heavy atom. The second-order valence-electron chi connectivity index (χ2n) is 6.27. The molecule has 0 amide bonds. The lowest BCUT2D eigenvalue weighted by Crippen LogP contribution is -2.55. The second-order valence-corrected chi connectivity index (χ2v) is 6.27. The van der Waals surface area contributed by atoms with Crippen LogP contribution in [-0.2, 0) is 4.79 Å². The minimum atomic E-state index is -0.646. The van der Waals surface area contributed by atoms with Crippen molar-refractivity contribution >= 4 is 5.97 Å². The van der Waals surface area contributed by atoms with E-state index in [2.05, 4.69) is 18.7 Å². The van der Waals surface area contributed by atoms with Crippen molar-refractivity contribution < 1.29 is 9.90 Å². The molecule has 92 valence electrons. The number of aliphatic carboxylic acids is 1. The van der Waals surface area contributed by atoms with E-state index in [1.807, 2.05) is 6.92 Å². The Hall–Kier alpha value is -0.570. The summed E-state index contributed by atoms with van der Waals surface area (Å²) >= 11 is 0. The van der Waals surface area contributed by atoms with Crippen molar-refractivity contribution in [1.82, 2.24) is 4.90 Å². The maximum Gasteiger partial charge on any atom is 0.323 e. The Labute approximate surface area is 97.8 Å². The summed E-state index contributed by atoms with van der Waals surface area (Å²) in [5.74, 6) is -0.646. The molecule has 16 heavy (non-hydrogen) atoms.